The van der Waals surface area contributed by atoms with Gasteiger partial charge in [0.15, 0.2) is 11.5 Å². The van der Waals surface area contributed by atoms with E-state index in [1.165, 1.54) is 0 Å². The fourth-order valence-electron chi connectivity index (χ4n) is 3.51. The first-order valence-electron chi connectivity index (χ1n) is 9.02. The van der Waals surface area contributed by atoms with Crippen LogP contribution >= 0.6 is 12.4 Å². The van der Waals surface area contributed by atoms with Crippen LogP contribution in [0.5, 0.6) is 11.5 Å². The van der Waals surface area contributed by atoms with Crippen LogP contribution in [0.4, 0.5) is 17.1 Å². The number of rotatable bonds is 3. The maximum atomic E-state index is 12.6. The molecule has 2 aromatic carbocycles. The second-order valence-electron chi connectivity index (χ2n) is 6.63. The smallest absolute Gasteiger partial charge is 0.243 e. The van der Waals surface area contributed by atoms with Crippen LogP contribution in [0, 0.1) is 0 Å². The van der Waals surface area contributed by atoms with Gasteiger partial charge in [0.1, 0.15) is 0 Å². The number of carbonyl (C=O) groups excluding carboxylic acids is 1. The number of nitrogens with two attached hydrogens (primary N) is 1. The number of hydrogen-bond donors (Lipinski definition) is 2. The van der Waals surface area contributed by atoms with Crippen molar-refractivity contribution in [3.05, 3.63) is 42.0 Å². The predicted molar refractivity (Wildman–Crippen MR) is 109 cm³/mol. The van der Waals surface area contributed by atoms with E-state index in [1.807, 2.05) is 36.4 Å². The number of nitrogens with zero attached hydrogens (tertiary/aromatic N) is 1. The van der Waals surface area contributed by atoms with Gasteiger partial charge in [0.05, 0.1) is 19.8 Å². The van der Waals surface area contributed by atoms with E-state index in [9.17, 15) is 4.79 Å². The molecule has 6 nitrogen and oxygen atoms in total. The molecule has 2 heterocycles. The number of amides is 1. The summed E-state index contributed by atoms with van der Waals surface area (Å²) in [5, 5.41) is 2.96. The Morgan fingerprint density at radius 3 is 2.78 bits per heavy atom. The van der Waals surface area contributed by atoms with Crippen LogP contribution in [0.2, 0.25) is 0 Å². The molecule has 0 spiro atoms. The Morgan fingerprint density at radius 2 is 1.93 bits per heavy atom. The fraction of sp³-hybridized carbons (Fsp3) is 0.350. The van der Waals surface area contributed by atoms with Crippen molar-refractivity contribution in [2.45, 2.75) is 19.3 Å². The third-order valence-electron chi connectivity index (χ3n) is 4.75. The van der Waals surface area contributed by atoms with Crippen LogP contribution in [-0.2, 0) is 11.2 Å². The normalized spacial score (nSPS) is 15.2. The molecule has 0 radical (unpaired) electrons. The van der Waals surface area contributed by atoms with Crippen molar-refractivity contribution in [3.63, 3.8) is 0 Å². The summed E-state index contributed by atoms with van der Waals surface area (Å²) in [6.07, 6.45) is 2.81. The molecular formula is C20H24ClN3O3. The maximum Gasteiger partial charge on any atom is 0.243 e. The van der Waals surface area contributed by atoms with Gasteiger partial charge in [-0.25, -0.2) is 0 Å². The molecule has 0 aliphatic carbocycles. The Bertz CT molecular complexity index is 828. The van der Waals surface area contributed by atoms with Crippen molar-refractivity contribution in [1.82, 2.24) is 0 Å². The Labute approximate surface area is 165 Å². The number of hydrogen-bond acceptors (Lipinski definition) is 5. The molecule has 0 aromatic heterocycles. The second-order valence-corrected chi connectivity index (χ2v) is 6.63. The summed E-state index contributed by atoms with van der Waals surface area (Å²) < 4.78 is 11.3. The molecule has 3 N–H and O–H groups in total. The van der Waals surface area contributed by atoms with Gasteiger partial charge in [-0.2, -0.15) is 0 Å². The van der Waals surface area contributed by atoms with Gasteiger partial charge >= 0.3 is 0 Å². The fourth-order valence-corrected chi connectivity index (χ4v) is 3.51. The Hall–Kier alpha value is -2.60. The quantitative estimate of drug-likeness (QED) is 0.788. The third kappa shape index (κ3) is 4.22. The van der Waals surface area contributed by atoms with E-state index in [-0.39, 0.29) is 18.3 Å². The number of fused-ring (bicyclic) bond motifs is 2. The molecule has 7 heteroatoms. The molecule has 4 rings (SSSR count). The molecule has 0 unspecified atom stereocenters. The molecule has 2 aliphatic rings. The zero-order chi connectivity index (χ0) is 17.9. The highest BCUT2D eigenvalue weighted by molar-refractivity contribution is 5.94. The number of ether oxygens (including phenoxy) is 2. The Balaban J connectivity index is 0.00000210. The van der Waals surface area contributed by atoms with E-state index < -0.39 is 0 Å². The van der Waals surface area contributed by atoms with Crippen LogP contribution in [0.1, 0.15) is 18.4 Å². The van der Waals surface area contributed by atoms with E-state index >= 15 is 0 Å². The van der Waals surface area contributed by atoms with E-state index in [4.69, 9.17) is 15.2 Å². The third-order valence-corrected chi connectivity index (χ3v) is 4.75. The number of carbonyl (C=O) groups is 1. The molecule has 0 atom stereocenters. The van der Waals surface area contributed by atoms with Crippen molar-refractivity contribution in [3.8, 4) is 11.5 Å². The van der Waals surface area contributed by atoms with Crippen molar-refractivity contribution >= 4 is 35.4 Å². The minimum absolute atomic E-state index is 0. The average molecular weight is 390 g/mol. The summed E-state index contributed by atoms with van der Waals surface area (Å²) in [6.45, 7) is 2.42. The van der Waals surface area contributed by atoms with Crippen LogP contribution in [0.25, 0.3) is 0 Å². The van der Waals surface area contributed by atoms with Gasteiger partial charge in [0, 0.05) is 36.1 Å². The van der Waals surface area contributed by atoms with Crippen molar-refractivity contribution < 1.29 is 14.3 Å². The van der Waals surface area contributed by atoms with E-state index in [2.05, 4.69) is 10.2 Å². The zero-order valence-corrected chi connectivity index (χ0v) is 15.9. The SMILES string of the molecule is Cl.Nc1cccc2c1CCCN2CC(=O)Nc1ccc2c(c1)OCCCO2. The van der Waals surface area contributed by atoms with E-state index in [0.717, 1.165) is 48.5 Å². The van der Waals surface area contributed by atoms with Crippen LogP contribution in [0.15, 0.2) is 36.4 Å². The van der Waals surface area contributed by atoms with E-state index in [1.54, 1.807) is 0 Å². The minimum Gasteiger partial charge on any atom is -0.490 e. The molecule has 27 heavy (non-hydrogen) atoms. The number of nitrogen functional groups attached to an aromatic ring is 1. The molecule has 0 saturated carbocycles. The summed E-state index contributed by atoms with van der Waals surface area (Å²) >= 11 is 0. The number of anilines is 3. The first kappa shape index (κ1) is 19.2. The Kier molecular flexibility index (Phi) is 5.96. The first-order valence-corrected chi connectivity index (χ1v) is 9.02. The molecule has 144 valence electrons. The first-order chi connectivity index (χ1) is 12.7. The van der Waals surface area contributed by atoms with Crippen molar-refractivity contribution in [1.29, 1.82) is 0 Å². The molecule has 2 aromatic rings. The summed E-state index contributed by atoms with van der Waals surface area (Å²) in [6, 6.07) is 11.4. The molecular weight excluding hydrogens is 366 g/mol. The summed E-state index contributed by atoms with van der Waals surface area (Å²) in [5.74, 6) is 1.34. The Morgan fingerprint density at radius 1 is 1.11 bits per heavy atom. The topological polar surface area (TPSA) is 76.8 Å². The molecule has 2 aliphatic heterocycles. The summed E-state index contributed by atoms with van der Waals surface area (Å²) in [7, 11) is 0. The van der Waals surface area contributed by atoms with Crippen molar-refractivity contribution in [2.75, 3.05) is 42.3 Å². The standard InChI is InChI=1S/C20H23N3O3.ClH/c21-16-5-1-6-17-15(16)4-2-9-23(17)13-20(24)22-14-7-8-18-19(12-14)26-11-3-10-25-18;/h1,5-8,12H,2-4,9-11,13,21H2,(H,22,24);1H. The molecule has 0 bridgehead atoms. The van der Waals surface area contributed by atoms with E-state index in [0.29, 0.717) is 31.2 Å². The van der Waals surface area contributed by atoms with Gasteiger partial charge in [-0.1, -0.05) is 6.07 Å². The summed E-state index contributed by atoms with van der Waals surface area (Å²) in [4.78, 5) is 14.6. The van der Waals surface area contributed by atoms with Gasteiger partial charge in [0.2, 0.25) is 5.91 Å². The van der Waals surface area contributed by atoms with Gasteiger partial charge in [0.25, 0.3) is 0 Å². The van der Waals surface area contributed by atoms with Gasteiger partial charge < -0.3 is 25.4 Å². The lowest BCUT2D eigenvalue weighted by Crippen LogP contribution is -2.37. The molecule has 0 fully saturated rings. The van der Waals surface area contributed by atoms with Crippen molar-refractivity contribution in [2.24, 2.45) is 0 Å². The number of halogens is 1. The van der Waals surface area contributed by atoms with Crippen LogP contribution in [0.3, 0.4) is 0 Å². The largest absolute Gasteiger partial charge is 0.490 e. The molecule has 1 amide bonds. The highest BCUT2D eigenvalue weighted by Crippen LogP contribution is 2.33. The lowest BCUT2D eigenvalue weighted by molar-refractivity contribution is -0.115. The summed E-state index contributed by atoms with van der Waals surface area (Å²) in [5.41, 5.74) is 9.80. The van der Waals surface area contributed by atoms with Gasteiger partial charge in [-0.05, 0) is 42.7 Å². The highest BCUT2D eigenvalue weighted by atomic mass is 35.5. The average Bonchev–Trinajstić information content (AvgIpc) is 2.87. The molecule has 0 saturated heterocycles. The maximum absolute atomic E-state index is 12.6. The lowest BCUT2D eigenvalue weighted by atomic mass is 10.00. The van der Waals surface area contributed by atoms with Gasteiger partial charge in [-0.15, -0.1) is 12.4 Å². The monoisotopic (exact) mass is 389 g/mol. The zero-order valence-electron chi connectivity index (χ0n) is 15.1. The lowest BCUT2D eigenvalue weighted by Gasteiger charge is -2.31. The minimum atomic E-state index is -0.0604. The number of nitrogens with one attached hydrogen (secondary N) is 1. The van der Waals surface area contributed by atoms with Crippen LogP contribution in [-0.4, -0.2) is 32.2 Å². The highest BCUT2D eigenvalue weighted by Gasteiger charge is 2.21. The predicted octanol–water partition coefficient (Wildman–Crippen LogP) is 3.24. The van der Waals surface area contributed by atoms with Crippen LogP contribution < -0.4 is 25.4 Å². The second kappa shape index (κ2) is 8.39. The van der Waals surface area contributed by atoms with Gasteiger partial charge in [-0.3, -0.25) is 4.79 Å². The number of benzene rings is 2.